The van der Waals surface area contributed by atoms with Gasteiger partial charge < -0.3 is 25.0 Å². The summed E-state index contributed by atoms with van der Waals surface area (Å²) in [6.45, 7) is 2.35. The van der Waals surface area contributed by atoms with E-state index in [-0.39, 0.29) is 12.5 Å². The van der Waals surface area contributed by atoms with Crippen LogP contribution in [0.4, 0.5) is 0 Å². The smallest absolute Gasteiger partial charge is 0.241 e. The lowest BCUT2D eigenvalue weighted by atomic mass is 10.1. The number of methoxy groups -OCH3 is 1. The maximum atomic E-state index is 11.9. The van der Waals surface area contributed by atoms with Gasteiger partial charge in [0.15, 0.2) is 5.96 Å². The van der Waals surface area contributed by atoms with Crippen molar-refractivity contribution < 1.29 is 14.3 Å². The third-order valence-electron chi connectivity index (χ3n) is 4.52. The molecule has 1 heterocycles. The SMILES string of the molecule is COc1ccc(CN=C(NCCC2CCCCO2)NCC(=O)N(C)C)cc1. The summed E-state index contributed by atoms with van der Waals surface area (Å²) in [5, 5.41) is 6.43. The summed E-state index contributed by atoms with van der Waals surface area (Å²) in [5.41, 5.74) is 1.08. The molecule has 7 nitrogen and oxygen atoms in total. The van der Waals surface area contributed by atoms with Crippen LogP contribution in [0.5, 0.6) is 5.75 Å². The van der Waals surface area contributed by atoms with Crippen molar-refractivity contribution in [1.29, 1.82) is 0 Å². The first kappa shape index (κ1) is 21.0. The molecule has 1 aromatic carbocycles. The van der Waals surface area contributed by atoms with Crippen molar-refractivity contribution in [2.45, 2.75) is 38.3 Å². The quantitative estimate of drug-likeness (QED) is 0.534. The first-order valence-electron chi connectivity index (χ1n) is 9.55. The van der Waals surface area contributed by atoms with Crippen molar-refractivity contribution >= 4 is 11.9 Å². The van der Waals surface area contributed by atoms with Gasteiger partial charge in [-0.1, -0.05) is 12.1 Å². The molecule has 150 valence electrons. The van der Waals surface area contributed by atoms with Gasteiger partial charge in [0.2, 0.25) is 5.91 Å². The van der Waals surface area contributed by atoms with Crippen LogP contribution in [-0.4, -0.2) is 63.8 Å². The molecular formula is C20H32N4O3. The second-order valence-corrected chi connectivity index (χ2v) is 6.86. The molecule has 1 unspecified atom stereocenters. The molecule has 0 aliphatic carbocycles. The Kier molecular flexibility index (Phi) is 8.91. The van der Waals surface area contributed by atoms with Crippen LogP contribution in [0.1, 0.15) is 31.2 Å². The molecule has 1 atom stereocenters. The second kappa shape index (κ2) is 11.4. The summed E-state index contributed by atoms with van der Waals surface area (Å²) < 4.78 is 10.9. The zero-order chi connectivity index (χ0) is 19.5. The fourth-order valence-corrected chi connectivity index (χ4v) is 2.78. The molecule has 1 aliphatic heterocycles. The lowest BCUT2D eigenvalue weighted by Crippen LogP contribution is -2.43. The summed E-state index contributed by atoms with van der Waals surface area (Å²) in [6.07, 6.45) is 4.76. The number of ether oxygens (including phenoxy) is 2. The Morgan fingerprint density at radius 3 is 2.67 bits per heavy atom. The maximum absolute atomic E-state index is 11.9. The number of carbonyl (C=O) groups is 1. The number of hydrogen-bond donors (Lipinski definition) is 2. The lowest BCUT2D eigenvalue weighted by Gasteiger charge is -2.23. The van der Waals surface area contributed by atoms with Crippen molar-refractivity contribution in [2.24, 2.45) is 4.99 Å². The first-order valence-corrected chi connectivity index (χ1v) is 9.55. The van der Waals surface area contributed by atoms with Gasteiger partial charge in [-0.25, -0.2) is 4.99 Å². The van der Waals surface area contributed by atoms with E-state index in [1.54, 1.807) is 26.1 Å². The number of rotatable bonds is 8. The summed E-state index contributed by atoms with van der Waals surface area (Å²) >= 11 is 0. The topological polar surface area (TPSA) is 75.2 Å². The van der Waals surface area contributed by atoms with Gasteiger partial charge in [0, 0.05) is 27.2 Å². The van der Waals surface area contributed by atoms with Crippen LogP contribution in [0.15, 0.2) is 29.3 Å². The van der Waals surface area contributed by atoms with Gasteiger partial charge in [-0.3, -0.25) is 4.79 Å². The largest absolute Gasteiger partial charge is 0.497 e. The van der Waals surface area contributed by atoms with E-state index in [0.29, 0.717) is 18.6 Å². The molecule has 1 amide bonds. The van der Waals surface area contributed by atoms with Crippen molar-refractivity contribution in [3.63, 3.8) is 0 Å². The molecule has 0 aromatic heterocycles. The molecule has 2 rings (SSSR count). The number of hydrogen-bond acceptors (Lipinski definition) is 4. The van der Waals surface area contributed by atoms with Crippen LogP contribution >= 0.6 is 0 Å². The van der Waals surface area contributed by atoms with E-state index in [4.69, 9.17) is 9.47 Å². The van der Waals surface area contributed by atoms with E-state index in [1.165, 1.54) is 6.42 Å². The van der Waals surface area contributed by atoms with Crippen molar-refractivity contribution in [3.05, 3.63) is 29.8 Å². The zero-order valence-electron chi connectivity index (χ0n) is 16.7. The van der Waals surface area contributed by atoms with Crippen LogP contribution in [0, 0.1) is 0 Å². The highest BCUT2D eigenvalue weighted by Crippen LogP contribution is 2.15. The Morgan fingerprint density at radius 1 is 1.26 bits per heavy atom. The van der Waals surface area contributed by atoms with Crippen molar-refractivity contribution in [1.82, 2.24) is 15.5 Å². The normalized spacial score (nSPS) is 17.3. The summed E-state index contributed by atoms with van der Waals surface area (Å²) in [4.78, 5) is 18.0. The lowest BCUT2D eigenvalue weighted by molar-refractivity contribution is -0.127. The predicted octanol–water partition coefficient (Wildman–Crippen LogP) is 1.78. The van der Waals surface area contributed by atoms with Gasteiger partial charge in [-0.2, -0.15) is 0 Å². The minimum absolute atomic E-state index is 0.00422. The highest BCUT2D eigenvalue weighted by Gasteiger charge is 2.13. The van der Waals surface area contributed by atoms with Gasteiger partial charge in [0.1, 0.15) is 5.75 Å². The van der Waals surface area contributed by atoms with E-state index in [1.807, 2.05) is 24.3 Å². The van der Waals surface area contributed by atoms with E-state index in [2.05, 4.69) is 15.6 Å². The zero-order valence-corrected chi connectivity index (χ0v) is 16.7. The molecule has 1 saturated heterocycles. The molecule has 0 spiro atoms. The molecule has 0 saturated carbocycles. The Balaban J connectivity index is 1.88. The Hall–Kier alpha value is -2.28. The predicted molar refractivity (Wildman–Crippen MR) is 107 cm³/mol. The standard InChI is InChI=1S/C20H32N4O3/c1-24(2)19(25)15-23-20(21-12-11-18-6-4-5-13-27-18)22-14-16-7-9-17(26-3)10-8-16/h7-10,18H,4-6,11-15H2,1-3H3,(H2,21,22,23). The highest BCUT2D eigenvalue weighted by atomic mass is 16.5. The van der Waals surface area contributed by atoms with Crippen molar-refractivity contribution in [2.75, 3.05) is 40.9 Å². The van der Waals surface area contributed by atoms with Gasteiger partial charge in [0.25, 0.3) is 0 Å². The molecule has 1 aliphatic rings. The molecule has 2 N–H and O–H groups in total. The van der Waals surface area contributed by atoms with E-state index >= 15 is 0 Å². The molecule has 0 bridgehead atoms. The number of aliphatic imine (C=N–C) groups is 1. The molecule has 1 fully saturated rings. The summed E-state index contributed by atoms with van der Waals surface area (Å²) in [5.74, 6) is 1.46. The Bertz CT molecular complexity index is 596. The third kappa shape index (κ3) is 7.86. The molecule has 7 heteroatoms. The summed E-state index contributed by atoms with van der Waals surface area (Å²) in [6, 6.07) is 7.81. The van der Waals surface area contributed by atoms with Crippen molar-refractivity contribution in [3.8, 4) is 5.75 Å². The van der Waals surface area contributed by atoms with Gasteiger partial charge in [-0.05, 0) is 43.4 Å². The van der Waals surface area contributed by atoms with Gasteiger partial charge in [0.05, 0.1) is 26.3 Å². The van der Waals surface area contributed by atoms with Crippen LogP contribution < -0.4 is 15.4 Å². The van der Waals surface area contributed by atoms with Crippen LogP contribution in [0.25, 0.3) is 0 Å². The molecular weight excluding hydrogens is 344 g/mol. The number of guanidine groups is 1. The fraction of sp³-hybridized carbons (Fsp3) is 0.600. The van der Waals surface area contributed by atoms with Crippen LogP contribution in [0.3, 0.4) is 0 Å². The number of amides is 1. The number of nitrogens with one attached hydrogen (secondary N) is 2. The molecule has 0 radical (unpaired) electrons. The Morgan fingerprint density at radius 2 is 2.04 bits per heavy atom. The number of nitrogens with zero attached hydrogens (tertiary/aromatic N) is 2. The highest BCUT2D eigenvalue weighted by molar-refractivity contribution is 5.86. The van der Waals surface area contributed by atoms with E-state index < -0.39 is 0 Å². The van der Waals surface area contributed by atoms with Gasteiger partial charge in [-0.15, -0.1) is 0 Å². The number of carbonyl (C=O) groups excluding carboxylic acids is 1. The van der Waals surface area contributed by atoms with E-state index in [0.717, 1.165) is 43.7 Å². The minimum atomic E-state index is 0.00422. The summed E-state index contributed by atoms with van der Waals surface area (Å²) in [7, 11) is 5.13. The third-order valence-corrected chi connectivity index (χ3v) is 4.52. The maximum Gasteiger partial charge on any atom is 0.241 e. The minimum Gasteiger partial charge on any atom is -0.497 e. The fourth-order valence-electron chi connectivity index (χ4n) is 2.78. The monoisotopic (exact) mass is 376 g/mol. The van der Waals surface area contributed by atoms with Crippen LogP contribution in [-0.2, 0) is 16.1 Å². The Labute approximate surface area is 162 Å². The van der Waals surface area contributed by atoms with E-state index in [9.17, 15) is 4.79 Å². The second-order valence-electron chi connectivity index (χ2n) is 6.86. The first-order chi connectivity index (χ1) is 13.1. The molecule has 27 heavy (non-hydrogen) atoms. The van der Waals surface area contributed by atoms with Gasteiger partial charge >= 0.3 is 0 Å². The average molecular weight is 377 g/mol. The van der Waals surface area contributed by atoms with Crippen LogP contribution in [0.2, 0.25) is 0 Å². The average Bonchev–Trinajstić information content (AvgIpc) is 2.70. The number of benzene rings is 1. The molecule has 1 aromatic rings. The number of likely N-dealkylation sites (N-methyl/N-ethyl adjacent to an activating group) is 1.